The van der Waals surface area contributed by atoms with Crippen LogP contribution in [0.2, 0.25) is 10.0 Å². The van der Waals surface area contributed by atoms with Crippen LogP contribution in [-0.4, -0.2) is 11.9 Å². The monoisotopic (exact) mass is 516 g/mol. The number of hydrogen-bond donors (Lipinski definition) is 1. The maximum Gasteiger partial charge on any atom is 0.258 e. The maximum absolute atomic E-state index is 13.6. The Morgan fingerprint density at radius 3 is 2.45 bits per heavy atom. The van der Waals surface area contributed by atoms with Gasteiger partial charge in [0.1, 0.15) is 0 Å². The number of para-hydroxylation sites is 1. The Hall–Kier alpha value is -2.01. The highest BCUT2D eigenvalue weighted by Gasteiger charge is 2.40. The second kappa shape index (κ2) is 9.23. The molecule has 0 radical (unpaired) electrons. The summed E-state index contributed by atoms with van der Waals surface area (Å²) in [7, 11) is 0. The van der Waals surface area contributed by atoms with Crippen LogP contribution in [0, 0.1) is 5.92 Å². The Morgan fingerprint density at radius 1 is 1.06 bits per heavy atom. The molecule has 0 saturated carbocycles. The molecule has 3 atom stereocenters. The summed E-state index contributed by atoms with van der Waals surface area (Å²) in [5.41, 5.74) is 3.52. The molecule has 0 bridgehead atoms. The molecular weight excluding hydrogens is 495 g/mol. The first-order chi connectivity index (χ1) is 14.9. The fourth-order valence-corrected chi connectivity index (χ4v) is 5.15. The minimum Gasteiger partial charge on any atom is -0.377 e. The van der Waals surface area contributed by atoms with Crippen molar-refractivity contribution in [2.45, 2.75) is 32.4 Å². The molecule has 3 nitrogen and oxygen atoms in total. The molecule has 31 heavy (non-hydrogen) atoms. The van der Waals surface area contributed by atoms with Crippen molar-refractivity contribution in [2.75, 3.05) is 10.2 Å². The summed E-state index contributed by atoms with van der Waals surface area (Å²) in [6.07, 6.45) is 0.838. The molecule has 1 aliphatic rings. The van der Waals surface area contributed by atoms with Crippen molar-refractivity contribution >= 4 is 56.4 Å². The van der Waals surface area contributed by atoms with Gasteiger partial charge in [-0.15, -0.1) is 0 Å². The van der Waals surface area contributed by atoms with Crippen LogP contribution in [0.1, 0.15) is 42.2 Å². The van der Waals surface area contributed by atoms with Crippen molar-refractivity contribution in [1.29, 1.82) is 0 Å². The third-order valence-electron chi connectivity index (χ3n) is 5.97. The Labute approximate surface area is 201 Å². The van der Waals surface area contributed by atoms with Gasteiger partial charge in [0.2, 0.25) is 0 Å². The molecule has 1 aliphatic heterocycles. The summed E-state index contributed by atoms with van der Waals surface area (Å²) < 4.78 is 0.951. The van der Waals surface area contributed by atoms with E-state index in [0.717, 1.165) is 27.8 Å². The zero-order valence-corrected chi connectivity index (χ0v) is 20.4. The van der Waals surface area contributed by atoms with Gasteiger partial charge in [-0.25, -0.2) is 0 Å². The van der Waals surface area contributed by atoms with Crippen molar-refractivity contribution in [3.8, 4) is 0 Å². The van der Waals surface area contributed by atoms with Gasteiger partial charge in [-0.1, -0.05) is 71.2 Å². The molecule has 0 aliphatic carbocycles. The number of nitrogens with zero attached hydrogens (tertiary/aromatic N) is 1. The Kier molecular flexibility index (Phi) is 6.61. The number of carbonyl (C=O) groups is 1. The topological polar surface area (TPSA) is 32.3 Å². The summed E-state index contributed by atoms with van der Waals surface area (Å²) in [4.78, 5) is 15.6. The highest BCUT2D eigenvalue weighted by Crippen LogP contribution is 2.44. The zero-order chi connectivity index (χ0) is 22.1. The molecule has 1 heterocycles. The van der Waals surface area contributed by atoms with Crippen molar-refractivity contribution in [3.05, 3.63) is 92.4 Å². The molecule has 3 aromatic rings. The first-order valence-electron chi connectivity index (χ1n) is 10.3. The van der Waals surface area contributed by atoms with Gasteiger partial charge in [0, 0.05) is 32.7 Å². The molecular formula is C25H23BrCl2N2O. The van der Waals surface area contributed by atoms with Crippen LogP contribution < -0.4 is 10.2 Å². The molecule has 1 amide bonds. The molecule has 0 spiro atoms. The van der Waals surface area contributed by atoms with Gasteiger partial charge in [0.15, 0.2) is 0 Å². The van der Waals surface area contributed by atoms with E-state index < -0.39 is 0 Å². The standard InChI is InChI=1S/C25H23BrCl2N2O/c1-3-22-15(2)24(29-21-13-12-18(27)14-20(21)28)19-6-4-5-7-23(19)30(22)25(31)16-8-10-17(26)11-9-16/h4-15,22,24,29H,3H2,1-2H3. The molecule has 6 heteroatoms. The van der Waals surface area contributed by atoms with Crippen LogP contribution in [0.4, 0.5) is 11.4 Å². The van der Waals surface area contributed by atoms with E-state index in [1.807, 2.05) is 59.5 Å². The molecule has 160 valence electrons. The summed E-state index contributed by atoms with van der Waals surface area (Å²) in [5, 5.41) is 4.80. The van der Waals surface area contributed by atoms with E-state index >= 15 is 0 Å². The SMILES string of the molecule is CCC1C(C)C(Nc2ccc(Cl)cc2Cl)c2ccccc2N1C(=O)c1ccc(Br)cc1. The first kappa shape index (κ1) is 22.2. The first-order valence-corrected chi connectivity index (χ1v) is 11.8. The van der Waals surface area contributed by atoms with Gasteiger partial charge in [-0.2, -0.15) is 0 Å². The molecule has 3 aromatic carbocycles. The van der Waals surface area contributed by atoms with E-state index in [2.05, 4.69) is 41.2 Å². The Bertz CT molecular complexity index is 1100. The quantitative estimate of drug-likeness (QED) is 0.380. The number of rotatable bonds is 4. The lowest BCUT2D eigenvalue weighted by molar-refractivity contribution is 0.0960. The van der Waals surface area contributed by atoms with Crippen LogP contribution in [0.25, 0.3) is 0 Å². The Balaban J connectivity index is 1.77. The number of benzene rings is 3. The molecule has 1 N–H and O–H groups in total. The van der Waals surface area contributed by atoms with E-state index in [4.69, 9.17) is 23.2 Å². The molecule has 0 saturated heterocycles. The fraction of sp³-hybridized carbons (Fsp3) is 0.240. The van der Waals surface area contributed by atoms with E-state index in [1.54, 1.807) is 6.07 Å². The number of amides is 1. The fourth-order valence-electron chi connectivity index (χ4n) is 4.42. The van der Waals surface area contributed by atoms with Crippen molar-refractivity contribution < 1.29 is 4.79 Å². The molecule has 3 unspecified atom stereocenters. The van der Waals surface area contributed by atoms with Gasteiger partial charge < -0.3 is 10.2 Å². The minimum absolute atomic E-state index is 0.00814. The summed E-state index contributed by atoms with van der Waals surface area (Å²) in [6.45, 7) is 4.32. The highest BCUT2D eigenvalue weighted by atomic mass is 79.9. The van der Waals surface area contributed by atoms with Gasteiger partial charge in [-0.3, -0.25) is 4.79 Å². The van der Waals surface area contributed by atoms with Crippen molar-refractivity contribution in [2.24, 2.45) is 5.92 Å². The van der Waals surface area contributed by atoms with Crippen molar-refractivity contribution in [1.82, 2.24) is 0 Å². The number of fused-ring (bicyclic) bond motifs is 1. The predicted molar refractivity (Wildman–Crippen MR) is 133 cm³/mol. The number of carbonyl (C=O) groups excluding carboxylic acids is 1. The van der Waals surface area contributed by atoms with E-state index in [0.29, 0.717) is 15.6 Å². The smallest absolute Gasteiger partial charge is 0.258 e. The van der Waals surface area contributed by atoms with E-state index in [-0.39, 0.29) is 23.9 Å². The maximum atomic E-state index is 13.6. The predicted octanol–water partition coefficient (Wildman–Crippen LogP) is 7.98. The number of halogens is 3. The van der Waals surface area contributed by atoms with Gasteiger partial charge >= 0.3 is 0 Å². The van der Waals surface area contributed by atoms with Crippen LogP contribution >= 0.6 is 39.1 Å². The van der Waals surface area contributed by atoms with Crippen LogP contribution in [-0.2, 0) is 0 Å². The summed E-state index contributed by atoms with van der Waals surface area (Å²) in [5.74, 6) is 0.174. The lowest BCUT2D eigenvalue weighted by atomic mass is 9.80. The lowest BCUT2D eigenvalue weighted by Gasteiger charge is -2.45. The number of nitrogens with one attached hydrogen (secondary N) is 1. The highest BCUT2D eigenvalue weighted by molar-refractivity contribution is 9.10. The average molecular weight is 518 g/mol. The van der Waals surface area contributed by atoms with Crippen LogP contribution in [0.5, 0.6) is 0 Å². The van der Waals surface area contributed by atoms with Crippen LogP contribution in [0.3, 0.4) is 0 Å². The largest absolute Gasteiger partial charge is 0.377 e. The second-order valence-corrected chi connectivity index (χ2v) is 9.58. The minimum atomic E-state index is 0.00814. The van der Waals surface area contributed by atoms with Gasteiger partial charge in [-0.05, 0) is 60.5 Å². The second-order valence-electron chi connectivity index (χ2n) is 7.82. The van der Waals surface area contributed by atoms with E-state index in [1.165, 1.54) is 0 Å². The van der Waals surface area contributed by atoms with E-state index in [9.17, 15) is 4.79 Å². The average Bonchev–Trinajstić information content (AvgIpc) is 2.76. The van der Waals surface area contributed by atoms with Crippen LogP contribution in [0.15, 0.2) is 71.2 Å². The van der Waals surface area contributed by atoms with Gasteiger partial charge in [0.25, 0.3) is 5.91 Å². The molecule has 4 rings (SSSR count). The van der Waals surface area contributed by atoms with Gasteiger partial charge in [0.05, 0.1) is 16.8 Å². The third-order valence-corrected chi connectivity index (χ3v) is 7.04. The normalized spacial score (nSPS) is 20.3. The zero-order valence-electron chi connectivity index (χ0n) is 17.3. The Morgan fingerprint density at radius 2 is 1.77 bits per heavy atom. The summed E-state index contributed by atoms with van der Waals surface area (Å²) in [6, 6.07) is 21.2. The third kappa shape index (κ3) is 4.34. The lowest BCUT2D eigenvalue weighted by Crippen LogP contribution is -2.50. The number of anilines is 2. The molecule has 0 aromatic heterocycles. The van der Waals surface area contributed by atoms with Crippen molar-refractivity contribution in [3.63, 3.8) is 0 Å². The number of hydrogen-bond acceptors (Lipinski definition) is 2. The molecule has 0 fully saturated rings. The summed E-state index contributed by atoms with van der Waals surface area (Å²) >= 11 is 16.0.